The molecule has 0 spiro atoms. The molecule has 190 valence electrons. The van der Waals surface area contributed by atoms with Crippen LogP contribution in [0, 0.1) is 23.7 Å². The fourth-order valence-corrected chi connectivity index (χ4v) is 4.31. The highest BCUT2D eigenvalue weighted by atomic mass is 16.5. The number of ketones is 1. The highest BCUT2D eigenvalue weighted by Gasteiger charge is 2.28. The van der Waals surface area contributed by atoms with Gasteiger partial charge in [-0.2, -0.15) is 0 Å². The summed E-state index contributed by atoms with van der Waals surface area (Å²) in [7, 11) is 0. The predicted molar refractivity (Wildman–Crippen MR) is 141 cm³/mol. The molecule has 1 N–H and O–H groups in total. The number of hydrogen-bond donors (Lipinski definition) is 1. The van der Waals surface area contributed by atoms with Crippen molar-refractivity contribution < 1.29 is 19.4 Å². The van der Waals surface area contributed by atoms with Crippen LogP contribution in [0.3, 0.4) is 0 Å². The molecular weight excluding hydrogens is 424 g/mol. The molecule has 4 heteroatoms. The average molecular weight is 471 g/mol. The zero-order chi connectivity index (χ0) is 25.7. The Hall–Kier alpha value is -2.20. The van der Waals surface area contributed by atoms with Crippen LogP contribution in [0.4, 0.5) is 0 Å². The molecule has 0 unspecified atom stereocenters. The third-order valence-electron chi connectivity index (χ3n) is 6.46. The minimum atomic E-state index is -0.588. The molecule has 0 saturated carbocycles. The maximum atomic E-state index is 12.8. The smallest absolute Gasteiger partial charge is 0.331 e. The fourth-order valence-electron chi connectivity index (χ4n) is 4.31. The first-order valence-corrected chi connectivity index (χ1v) is 12.9. The molecule has 34 heavy (non-hydrogen) atoms. The summed E-state index contributed by atoms with van der Waals surface area (Å²) in [4.78, 5) is 24.1. The maximum Gasteiger partial charge on any atom is 0.331 e. The number of cyclic esters (lactones) is 1. The quantitative estimate of drug-likeness (QED) is 0.221. The number of allylic oxidation sites excluding steroid dienone is 7. The van der Waals surface area contributed by atoms with Gasteiger partial charge in [0.1, 0.15) is 11.9 Å². The monoisotopic (exact) mass is 470 g/mol. The Morgan fingerprint density at radius 2 is 1.88 bits per heavy atom. The van der Waals surface area contributed by atoms with Gasteiger partial charge in [0.25, 0.3) is 0 Å². The molecule has 0 saturated heterocycles. The van der Waals surface area contributed by atoms with E-state index in [0.29, 0.717) is 5.92 Å². The second-order valence-electron chi connectivity index (χ2n) is 9.83. The largest absolute Gasteiger partial charge is 0.455 e. The van der Waals surface area contributed by atoms with Crippen LogP contribution in [0.15, 0.2) is 59.8 Å². The molecule has 0 aromatic heterocycles. The molecule has 1 aliphatic rings. The predicted octanol–water partition coefficient (Wildman–Crippen LogP) is 6.92. The fraction of sp³-hybridized carbons (Fsp3) is 0.600. The van der Waals surface area contributed by atoms with Crippen LogP contribution < -0.4 is 0 Å². The van der Waals surface area contributed by atoms with Crippen molar-refractivity contribution in [2.24, 2.45) is 23.7 Å². The molecule has 0 bridgehead atoms. The number of rotatable bonds is 14. The Morgan fingerprint density at radius 1 is 1.18 bits per heavy atom. The zero-order valence-electron chi connectivity index (χ0n) is 22.3. The minimum absolute atomic E-state index is 0.0954. The van der Waals surface area contributed by atoms with Gasteiger partial charge in [0, 0.05) is 24.3 Å². The molecule has 0 radical (unpaired) electrons. The van der Waals surface area contributed by atoms with E-state index in [0.717, 1.165) is 37.7 Å². The SMILES string of the molecule is CCC[C@H](C)[C@@H](O)[C@H](C)C(=O)[C@H](C)/C=C(C)/C=C/C[C@@H](C)/C=C(\C=C\[C@H]1CC=CC(=O)O1)CC. The van der Waals surface area contributed by atoms with Crippen molar-refractivity contribution in [1.82, 2.24) is 0 Å². The molecule has 0 aromatic rings. The lowest BCUT2D eigenvalue weighted by Gasteiger charge is -2.25. The van der Waals surface area contributed by atoms with Crippen molar-refractivity contribution in [3.05, 3.63) is 59.8 Å². The normalized spacial score (nSPS) is 22.0. The summed E-state index contributed by atoms with van der Waals surface area (Å²) in [5.41, 5.74) is 2.28. The molecule has 0 aromatic carbocycles. The van der Waals surface area contributed by atoms with Crippen LogP contribution in [0.2, 0.25) is 0 Å². The number of aliphatic hydroxyl groups excluding tert-OH is 1. The summed E-state index contributed by atoms with van der Waals surface area (Å²) < 4.78 is 5.28. The maximum absolute atomic E-state index is 12.8. The van der Waals surface area contributed by atoms with Crippen LogP contribution in [-0.2, 0) is 14.3 Å². The highest BCUT2D eigenvalue weighted by Crippen LogP contribution is 2.22. The summed E-state index contributed by atoms with van der Waals surface area (Å²) in [6.45, 7) is 14.2. The van der Waals surface area contributed by atoms with E-state index < -0.39 is 6.10 Å². The van der Waals surface area contributed by atoms with Crippen molar-refractivity contribution in [3.63, 3.8) is 0 Å². The third kappa shape index (κ3) is 10.8. The summed E-state index contributed by atoms with van der Waals surface area (Å²) >= 11 is 0. The lowest BCUT2D eigenvalue weighted by Crippen LogP contribution is -2.33. The number of esters is 1. The van der Waals surface area contributed by atoms with Crippen LogP contribution >= 0.6 is 0 Å². The van der Waals surface area contributed by atoms with Gasteiger partial charge in [-0.25, -0.2) is 4.79 Å². The molecular formula is C30H46O4. The van der Waals surface area contributed by atoms with Gasteiger partial charge in [0.15, 0.2) is 0 Å². The first-order chi connectivity index (χ1) is 16.1. The molecule has 1 rings (SSSR count). The standard InChI is InChI=1S/C30H46O4/c1-8-12-23(5)29(32)25(7)30(33)24(6)19-21(3)13-10-14-22(4)20-26(9-2)17-18-27-15-11-16-28(31)34-27/h10-11,13,16-20,22-25,27,29,32H,8-9,12,14-15H2,1-7H3/b13-10+,18-17+,21-19+,26-20-/t22-,23+,24-,25+,27-,29-/m1/s1. The lowest BCUT2D eigenvalue weighted by molar-refractivity contribution is -0.141. The Bertz CT molecular complexity index is 799. The Balaban J connectivity index is 2.62. The molecule has 1 aliphatic heterocycles. The van der Waals surface area contributed by atoms with E-state index in [9.17, 15) is 14.7 Å². The second-order valence-corrected chi connectivity index (χ2v) is 9.83. The molecule has 1 heterocycles. The lowest BCUT2D eigenvalue weighted by atomic mass is 9.83. The van der Waals surface area contributed by atoms with E-state index in [-0.39, 0.29) is 35.6 Å². The molecule has 4 nitrogen and oxygen atoms in total. The molecule has 0 amide bonds. The summed E-state index contributed by atoms with van der Waals surface area (Å²) in [5, 5.41) is 10.5. The highest BCUT2D eigenvalue weighted by molar-refractivity contribution is 5.85. The first kappa shape index (κ1) is 29.8. The number of Topliss-reactive ketones (excluding diaryl/α,β-unsaturated/α-hetero) is 1. The van der Waals surface area contributed by atoms with E-state index in [2.05, 4.69) is 45.1 Å². The Kier molecular flexibility index (Phi) is 13.7. The first-order valence-electron chi connectivity index (χ1n) is 12.9. The average Bonchev–Trinajstić information content (AvgIpc) is 2.80. The van der Waals surface area contributed by atoms with E-state index in [1.165, 1.54) is 11.6 Å². The van der Waals surface area contributed by atoms with Gasteiger partial charge in [-0.1, -0.05) is 95.6 Å². The number of carbonyl (C=O) groups is 2. The summed E-state index contributed by atoms with van der Waals surface area (Å²) in [6, 6.07) is 0. The van der Waals surface area contributed by atoms with Crippen molar-refractivity contribution in [3.8, 4) is 0 Å². The number of carbonyl (C=O) groups excluding carboxylic acids is 2. The Morgan fingerprint density at radius 3 is 2.50 bits per heavy atom. The number of hydrogen-bond acceptors (Lipinski definition) is 4. The minimum Gasteiger partial charge on any atom is -0.455 e. The number of aliphatic hydroxyl groups is 1. The summed E-state index contributed by atoms with van der Waals surface area (Å²) in [6.07, 6.45) is 19.5. The van der Waals surface area contributed by atoms with Crippen LogP contribution in [0.1, 0.15) is 80.6 Å². The van der Waals surface area contributed by atoms with Crippen LogP contribution in [-0.4, -0.2) is 29.1 Å². The Labute approximate surface area is 207 Å². The van der Waals surface area contributed by atoms with Gasteiger partial charge in [-0.05, 0) is 44.1 Å². The zero-order valence-corrected chi connectivity index (χ0v) is 22.3. The van der Waals surface area contributed by atoms with Crippen molar-refractivity contribution in [1.29, 1.82) is 0 Å². The van der Waals surface area contributed by atoms with E-state index in [1.807, 2.05) is 45.9 Å². The van der Waals surface area contributed by atoms with E-state index in [4.69, 9.17) is 4.74 Å². The van der Waals surface area contributed by atoms with E-state index >= 15 is 0 Å². The van der Waals surface area contributed by atoms with Crippen molar-refractivity contribution in [2.45, 2.75) is 92.8 Å². The van der Waals surface area contributed by atoms with Crippen LogP contribution in [0.25, 0.3) is 0 Å². The number of ether oxygens (including phenoxy) is 1. The van der Waals surface area contributed by atoms with Crippen molar-refractivity contribution >= 4 is 11.8 Å². The van der Waals surface area contributed by atoms with Gasteiger partial charge >= 0.3 is 5.97 Å². The third-order valence-corrected chi connectivity index (χ3v) is 6.46. The topological polar surface area (TPSA) is 63.6 Å². The molecule has 0 fully saturated rings. The second kappa shape index (κ2) is 15.7. The van der Waals surface area contributed by atoms with Gasteiger partial charge < -0.3 is 9.84 Å². The van der Waals surface area contributed by atoms with Gasteiger partial charge in [0.05, 0.1) is 6.10 Å². The van der Waals surface area contributed by atoms with Crippen molar-refractivity contribution in [2.75, 3.05) is 0 Å². The van der Waals surface area contributed by atoms with Gasteiger partial charge in [-0.3, -0.25) is 4.79 Å². The summed E-state index contributed by atoms with van der Waals surface area (Å²) in [5.74, 6) is -0.264. The van der Waals surface area contributed by atoms with Crippen LogP contribution in [0.5, 0.6) is 0 Å². The van der Waals surface area contributed by atoms with Gasteiger partial charge in [-0.15, -0.1) is 0 Å². The molecule has 6 atom stereocenters. The van der Waals surface area contributed by atoms with E-state index in [1.54, 1.807) is 0 Å². The molecule has 0 aliphatic carbocycles. The van der Waals surface area contributed by atoms with Gasteiger partial charge in [0.2, 0.25) is 0 Å².